The van der Waals surface area contributed by atoms with E-state index in [1.165, 1.54) is 5.57 Å². The average molecular weight is 405 g/mol. The third kappa shape index (κ3) is 2.52. The lowest BCUT2D eigenvalue weighted by Gasteiger charge is -2.55. The number of hydrogen-bond acceptors (Lipinski definition) is 4. The lowest BCUT2D eigenvalue weighted by molar-refractivity contribution is -0.212. The number of alkyl halides is 1. The Balaban J connectivity index is 1.51. The number of carbonyl (C=O) groups is 1. The Bertz CT molecular complexity index is 786. The Labute approximate surface area is 172 Å². The summed E-state index contributed by atoms with van der Waals surface area (Å²) in [5.74, 6) is 1.84. The molecule has 0 amide bonds. The molecular weight excluding hydrogens is 371 g/mol. The highest BCUT2D eigenvalue weighted by Gasteiger charge is 2.75. The van der Waals surface area contributed by atoms with Crippen molar-refractivity contribution >= 4 is 5.78 Å². The van der Waals surface area contributed by atoms with E-state index >= 15 is 0 Å². The molecule has 4 aliphatic carbocycles. The van der Waals surface area contributed by atoms with Gasteiger partial charge < -0.3 is 14.2 Å². The van der Waals surface area contributed by atoms with Gasteiger partial charge >= 0.3 is 0 Å². The van der Waals surface area contributed by atoms with Gasteiger partial charge in [-0.25, -0.2) is 4.39 Å². The second kappa shape index (κ2) is 6.40. The molecule has 0 aromatic carbocycles. The average Bonchev–Trinajstić information content (AvgIpc) is 3.12. The molecule has 5 aliphatic rings. The third-order valence-corrected chi connectivity index (χ3v) is 8.88. The van der Waals surface area contributed by atoms with Gasteiger partial charge in [0.1, 0.15) is 0 Å². The van der Waals surface area contributed by atoms with Gasteiger partial charge in [-0.05, 0) is 81.3 Å². The molecule has 1 heterocycles. The smallest absolute Gasteiger partial charge is 0.198 e. The van der Waals surface area contributed by atoms with E-state index < -0.39 is 23.8 Å². The number of halogens is 1. The summed E-state index contributed by atoms with van der Waals surface area (Å²) in [5, 5.41) is 0. The second-order valence-electron chi connectivity index (χ2n) is 10.4. The van der Waals surface area contributed by atoms with Crippen LogP contribution in [0, 0.1) is 29.1 Å². The van der Waals surface area contributed by atoms with Gasteiger partial charge in [0.05, 0.1) is 19.0 Å². The van der Waals surface area contributed by atoms with Gasteiger partial charge in [0.15, 0.2) is 23.8 Å². The summed E-state index contributed by atoms with van der Waals surface area (Å²) in [6.45, 7) is 4.89. The van der Waals surface area contributed by atoms with Crippen molar-refractivity contribution < 1.29 is 23.4 Å². The summed E-state index contributed by atoms with van der Waals surface area (Å²) in [4.78, 5) is 13.0. The molecule has 0 aromatic rings. The zero-order chi connectivity index (χ0) is 20.6. The van der Waals surface area contributed by atoms with Crippen LogP contribution in [0.4, 0.5) is 4.39 Å². The van der Waals surface area contributed by atoms with Gasteiger partial charge in [0, 0.05) is 11.8 Å². The third-order valence-electron chi connectivity index (χ3n) is 8.88. The van der Waals surface area contributed by atoms with Crippen LogP contribution >= 0.6 is 0 Å². The number of rotatable bonds is 3. The van der Waals surface area contributed by atoms with Crippen LogP contribution in [0.1, 0.15) is 59.3 Å². The largest absolute Gasteiger partial charge is 0.501 e. The van der Waals surface area contributed by atoms with Crippen molar-refractivity contribution in [3.05, 3.63) is 23.5 Å². The summed E-state index contributed by atoms with van der Waals surface area (Å²) >= 11 is 0. The molecule has 5 rings (SSSR count). The fourth-order valence-electron chi connectivity index (χ4n) is 7.79. The Morgan fingerprint density at radius 2 is 2.07 bits per heavy atom. The van der Waals surface area contributed by atoms with Crippen molar-refractivity contribution in [1.82, 2.24) is 0 Å². The van der Waals surface area contributed by atoms with Crippen molar-refractivity contribution in [3.8, 4) is 0 Å². The van der Waals surface area contributed by atoms with Crippen molar-refractivity contribution in [2.24, 2.45) is 29.1 Å². The fourth-order valence-corrected chi connectivity index (χ4v) is 7.79. The molecule has 160 valence electrons. The lowest BCUT2D eigenvalue weighted by Crippen LogP contribution is -2.60. The van der Waals surface area contributed by atoms with Gasteiger partial charge in [-0.3, -0.25) is 4.79 Å². The number of fused-ring (bicyclic) bond motifs is 7. The first-order valence-electron chi connectivity index (χ1n) is 11.2. The Kier molecular flexibility index (Phi) is 4.36. The molecule has 0 aromatic heterocycles. The molecule has 2 saturated carbocycles. The normalized spacial score (nSPS) is 47.3. The standard InChI is InChI=1S/C24H33FO4/c1-22(2)28-21-12-19-18-7-5-14-11-15(27-4)6-8-16(14)17(18)9-10-23(19,3)24(21,29-22)20(26)13-25/h5,11,16-19,21H,6-10,12-13H2,1-4H3/t16-,17+,18+,19-,21?,23-,24+/m0/s1. The van der Waals surface area contributed by atoms with Crippen molar-refractivity contribution in [3.63, 3.8) is 0 Å². The van der Waals surface area contributed by atoms with Gasteiger partial charge in [-0.2, -0.15) is 0 Å². The second-order valence-corrected chi connectivity index (χ2v) is 10.4. The van der Waals surface area contributed by atoms with E-state index in [0.717, 1.165) is 44.3 Å². The highest BCUT2D eigenvalue weighted by Crippen LogP contribution is 2.68. The number of ketones is 1. The number of hydrogen-bond donors (Lipinski definition) is 0. The van der Waals surface area contributed by atoms with Gasteiger partial charge in [0.2, 0.25) is 0 Å². The summed E-state index contributed by atoms with van der Waals surface area (Å²) in [6.07, 6.45) is 10.2. The van der Waals surface area contributed by atoms with E-state index in [2.05, 4.69) is 19.1 Å². The maximum atomic E-state index is 13.8. The SMILES string of the molecule is COC1=CC2=CC[C@@H]3[C@H](CC[C@@]4(C)[C@H]3CC3OC(C)(C)O[C@]34C(=O)CF)[C@H]2CC1. The number of allylic oxidation sites excluding steroid dienone is 4. The lowest BCUT2D eigenvalue weighted by atomic mass is 9.51. The van der Waals surface area contributed by atoms with Crippen LogP contribution < -0.4 is 0 Å². The Morgan fingerprint density at radius 1 is 1.28 bits per heavy atom. The molecular formula is C24H33FO4. The number of Topliss-reactive ketones (excluding diaryl/α,β-unsaturated/α-hetero) is 1. The van der Waals surface area contributed by atoms with Crippen LogP contribution in [0.15, 0.2) is 23.5 Å². The van der Waals surface area contributed by atoms with E-state index in [9.17, 15) is 9.18 Å². The Morgan fingerprint density at radius 3 is 2.79 bits per heavy atom. The molecule has 0 spiro atoms. The van der Waals surface area contributed by atoms with E-state index in [4.69, 9.17) is 14.2 Å². The van der Waals surface area contributed by atoms with Crippen LogP contribution in [0.2, 0.25) is 0 Å². The van der Waals surface area contributed by atoms with Crippen LogP contribution in [-0.4, -0.2) is 37.1 Å². The zero-order valence-corrected chi connectivity index (χ0v) is 18.0. The van der Waals surface area contributed by atoms with Crippen LogP contribution in [0.5, 0.6) is 0 Å². The first-order valence-corrected chi connectivity index (χ1v) is 11.2. The number of carbonyl (C=O) groups excluding carboxylic acids is 1. The number of ether oxygens (including phenoxy) is 3. The molecule has 3 fully saturated rings. The highest BCUT2D eigenvalue weighted by atomic mass is 19.1. The predicted octanol–water partition coefficient (Wildman–Crippen LogP) is 4.74. The minimum atomic E-state index is -1.14. The van der Waals surface area contributed by atoms with E-state index in [1.54, 1.807) is 7.11 Å². The Hall–Kier alpha value is -1.20. The molecule has 0 bridgehead atoms. The maximum absolute atomic E-state index is 13.8. The zero-order valence-electron chi connectivity index (χ0n) is 18.0. The minimum Gasteiger partial charge on any atom is -0.501 e. The summed E-state index contributed by atoms with van der Waals surface area (Å²) in [5.41, 5.74) is -0.0801. The van der Waals surface area contributed by atoms with E-state index in [0.29, 0.717) is 23.7 Å². The van der Waals surface area contributed by atoms with Gasteiger partial charge in [0.25, 0.3) is 0 Å². The first kappa shape index (κ1) is 19.7. The number of methoxy groups -OCH3 is 1. The molecule has 29 heavy (non-hydrogen) atoms. The maximum Gasteiger partial charge on any atom is 0.198 e. The van der Waals surface area contributed by atoms with Crippen LogP contribution in [0.3, 0.4) is 0 Å². The monoisotopic (exact) mass is 404 g/mol. The summed E-state index contributed by atoms with van der Waals surface area (Å²) in [6, 6.07) is 0. The van der Waals surface area contributed by atoms with Crippen molar-refractivity contribution in [1.29, 1.82) is 0 Å². The predicted molar refractivity (Wildman–Crippen MR) is 107 cm³/mol. The van der Waals surface area contributed by atoms with Crippen LogP contribution in [0.25, 0.3) is 0 Å². The molecule has 1 unspecified atom stereocenters. The molecule has 0 N–H and O–H groups in total. The van der Waals surface area contributed by atoms with E-state index in [1.807, 2.05) is 13.8 Å². The quantitative estimate of drug-likeness (QED) is 0.682. The molecule has 7 atom stereocenters. The topological polar surface area (TPSA) is 44.8 Å². The van der Waals surface area contributed by atoms with Crippen molar-refractivity contribution in [2.45, 2.75) is 76.8 Å². The van der Waals surface area contributed by atoms with Crippen LogP contribution in [-0.2, 0) is 19.0 Å². The summed E-state index contributed by atoms with van der Waals surface area (Å²) < 4.78 is 31.8. The molecule has 0 radical (unpaired) electrons. The van der Waals surface area contributed by atoms with Gasteiger partial charge in [-0.1, -0.05) is 13.0 Å². The minimum absolute atomic E-state index is 0.323. The van der Waals surface area contributed by atoms with Gasteiger partial charge in [-0.15, -0.1) is 0 Å². The molecule has 1 aliphatic heterocycles. The van der Waals surface area contributed by atoms with E-state index in [-0.39, 0.29) is 11.5 Å². The highest BCUT2D eigenvalue weighted by molar-refractivity contribution is 5.91. The van der Waals surface area contributed by atoms with Crippen molar-refractivity contribution in [2.75, 3.05) is 13.8 Å². The molecule has 1 saturated heterocycles. The first-order chi connectivity index (χ1) is 13.8. The molecule has 4 nitrogen and oxygen atoms in total. The summed E-state index contributed by atoms with van der Waals surface area (Å²) in [7, 11) is 1.75. The molecule has 5 heteroatoms. The fraction of sp³-hybridized carbons (Fsp3) is 0.792.